The highest BCUT2D eigenvalue weighted by atomic mass is 16.2. The minimum Gasteiger partial charge on any atom is -0.344 e. The predicted molar refractivity (Wildman–Crippen MR) is 130 cm³/mol. The number of H-pyrrole nitrogens is 1. The maximum Gasteiger partial charge on any atom is 0.260 e. The SMILES string of the molecule is Cc1nc2n(n1)CCN(C(=O)c1ccc[nH]c1=O)CCCC(=O)N(C)[C@@H](C)C(=O)N[C@@H]2CC(C)C. The Bertz CT molecular complexity index is 1120. The number of aromatic nitrogens is 4. The van der Waals surface area contributed by atoms with Crippen molar-refractivity contribution in [1.82, 2.24) is 34.9 Å². The van der Waals surface area contributed by atoms with Gasteiger partial charge in [-0.1, -0.05) is 13.8 Å². The standard InChI is InChI=1S/C24H35N7O4/c1-15(2)14-19-21-26-17(4)28-31(21)13-12-30(24(35)18-8-6-10-25-23(18)34)11-7-9-20(32)29(5)16(3)22(33)27-19/h6,8,10,15-16,19H,7,9,11-14H2,1-5H3,(H,25,34)(H,27,33)/t16-,19+/m0/s1. The molecule has 2 atom stereocenters. The maximum atomic E-state index is 13.2. The first-order valence-electron chi connectivity index (χ1n) is 12.0. The van der Waals surface area contributed by atoms with Crippen LogP contribution in [-0.4, -0.2) is 73.4 Å². The van der Waals surface area contributed by atoms with E-state index in [1.807, 2.05) is 0 Å². The van der Waals surface area contributed by atoms with E-state index in [9.17, 15) is 19.2 Å². The molecule has 2 aromatic heterocycles. The molecule has 0 fully saturated rings. The number of aryl methyl sites for hydroxylation is 1. The summed E-state index contributed by atoms with van der Waals surface area (Å²) in [6.07, 6.45) is 2.68. The average molecular weight is 486 g/mol. The van der Waals surface area contributed by atoms with E-state index in [0.29, 0.717) is 31.0 Å². The van der Waals surface area contributed by atoms with Gasteiger partial charge in [-0.25, -0.2) is 9.67 Å². The molecule has 3 rings (SSSR count). The minimum atomic E-state index is -0.668. The number of nitrogens with one attached hydrogen (secondary N) is 2. The van der Waals surface area contributed by atoms with Crippen LogP contribution in [0.15, 0.2) is 23.1 Å². The molecule has 11 heteroatoms. The minimum absolute atomic E-state index is 0.0469. The van der Waals surface area contributed by atoms with Gasteiger partial charge in [-0.2, -0.15) is 5.10 Å². The Hall–Kier alpha value is -3.50. The molecule has 1 aliphatic rings. The maximum absolute atomic E-state index is 13.2. The number of pyridine rings is 1. The van der Waals surface area contributed by atoms with Crippen LogP contribution in [0.5, 0.6) is 0 Å². The van der Waals surface area contributed by atoms with Crippen molar-refractivity contribution >= 4 is 17.7 Å². The Labute approximate surface area is 204 Å². The van der Waals surface area contributed by atoms with Crippen LogP contribution in [0.2, 0.25) is 0 Å². The number of nitrogens with zero attached hydrogens (tertiary/aromatic N) is 5. The fourth-order valence-electron chi connectivity index (χ4n) is 4.17. The van der Waals surface area contributed by atoms with Crippen LogP contribution in [0, 0.1) is 12.8 Å². The van der Waals surface area contributed by atoms with E-state index in [1.165, 1.54) is 17.2 Å². The lowest BCUT2D eigenvalue weighted by atomic mass is 10.0. The number of hydrogen-bond donors (Lipinski definition) is 2. The van der Waals surface area contributed by atoms with Gasteiger partial charge in [0, 0.05) is 32.8 Å². The number of carbonyl (C=O) groups excluding carboxylic acids is 3. The third-order valence-corrected chi connectivity index (χ3v) is 6.23. The van der Waals surface area contributed by atoms with Gasteiger partial charge in [0.25, 0.3) is 11.5 Å². The van der Waals surface area contributed by atoms with E-state index in [-0.39, 0.29) is 42.8 Å². The molecule has 0 unspecified atom stereocenters. The number of carbonyl (C=O) groups is 3. The number of fused-ring (bicyclic) bond motifs is 1. The first-order chi connectivity index (χ1) is 16.6. The van der Waals surface area contributed by atoms with Gasteiger partial charge in [0.2, 0.25) is 11.8 Å². The van der Waals surface area contributed by atoms with Crippen molar-refractivity contribution in [2.24, 2.45) is 5.92 Å². The van der Waals surface area contributed by atoms with Crippen LogP contribution in [0.3, 0.4) is 0 Å². The van der Waals surface area contributed by atoms with Crippen LogP contribution in [-0.2, 0) is 16.1 Å². The van der Waals surface area contributed by atoms with Crippen LogP contribution >= 0.6 is 0 Å². The lowest BCUT2D eigenvalue weighted by molar-refractivity contribution is -0.138. The molecule has 0 aromatic carbocycles. The largest absolute Gasteiger partial charge is 0.344 e. The molecule has 1 aliphatic heterocycles. The summed E-state index contributed by atoms with van der Waals surface area (Å²) in [7, 11) is 1.61. The third-order valence-electron chi connectivity index (χ3n) is 6.23. The zero-order valence-electron chi connectivity index (χ0n) is 21.1. The van der Waals surface area contributed by atoms with Crippen molar-refractivity contribution < 1.29 is 14.4 Å². The molecule has 2 N–H and O–H groups in total. The molecular weight excluding hydrogens is 450 g/mol. The summed E-state index contributed by atoms with van der Waals surface area (Å²) >= 11 is 0. The van der Waals surface area contributed by atoms with Crippen LogP contribution < -0.4 is 10.9 Å². The fourth-order valence-corrected chi connectivity index (χ4v) is 4.17. The topological polar surface area (TPSA) is 133 Å². The van der Waals surface area contributed by atoms with E-state index in [4.69, 9.17) is 0 Å². The number of hydrogen-bond acceptors (Lipinski definition) is 6. The van der Waals surface area contributed by atoms with Gasteiger partial charge >= 0.3 is 0 Å². The molecule has 3 amide bonds. The molecule has 3 heterocycles. The highest BCUT2D eigenvalue weighted by Crippen LogP contribution is 2.21. The van der Waals surface area contributed by atoms with Gasteiger partial charge in [0.05, 0.1) is 12.6 Å². The van der Waals surface area contributed by atoms with Crippen molar-refractivity contribution in [3.8, 4) is 0 Å². The normalized spacial score (nSPS) is 20.4. The molecule has 0 saturated heterocycles. The van der Waals surface area contributed by atoms with Gasteiger partial charge in [0.1, 0.15) is 23.3 Å². The van der Waals surface area contributed by atoms with Crippen molar-refractivity contribution in [3.05, 3.63) is 45.9 Å². The molecule has 0 aliphatic carbocycles. The Balaban J connectivity index is 1.98. The van der Waals surface area contributed by atoms with Gasteiger partial charge in [-0.05, 0) is 44.7 Å². The summed E-state index contributed by atoms with van der Waals surface area (Å²) < 4.78 is 1.73. The number of aromatic amines is 1. The summed E-state index contributed by atoms with van der Waals surface area (Å²) in [4.78, 5) is 61.4. The molecule has 0 radical (unpaired) electrons. The molecule has 0 bridgehead atoms. The molecule has 190 valence electrons. The van der Waals surface area contributed by atoms with E-state index >= 15 is 0 Å². The Morgan fingerprint density at radius 1 is 1.20 bits per heavy atom. The fraction of sp³-hybridized carbons (Fsp3) is 0.583. The van der Waals surface area contributed by atoms with Gasteiger partial charge in [-0.15, -0.1) is 0 Å². The van der Waals surface area contributed by atoms with E-state index in [0.717, 1.165) is 0 Å². The lowest BCUT2D eigenvalue weighted by Crippen LogP contribution is -2.48. The number of amides is 3. The first-order valence-corrected chi connectivity index (χ1v) is 12.0. The summed E-state index contributed by atoms with van der Waals surface area (Å²) in [5.74, 6) is 0.587. The lowest BCUT2D eigenvalue weighted by Gasteiger charge is -2.29. The van der Waals surface area contributed by atoms with E-state index in [1.54, 1.807) is 36.5 Å². The Morgan fingerprint density at radius 3 is 2.63 bits per heavy atom. The molecule has 11 nitrogen and oxygen atoms in total. The molecule has 0 saturated carbocycles. The molecule has 35 heavy (non-hydrogen) atoms. The van der Waals surface area contributed by atoms with Gasteiger partial charge < -0.3 is 20.1 Å². The van der Waals surface area contributed by atoms with Crippen molar-refractivity contribution in [3.63, 3.8) is 0 Å². The second-order valence-corrected chi connectivity index (χ2v) is 9.42. The van der Waals surface area contributed by atoms with Crippen LogP contribution in [0.25, 0.3) is 0 Å². The Kier molecular flexibility index (Phi) is 8.42. The van der Waals surface area contributed by atoms with E-state index < -0.39 is 23.6 Å². The second-order valence-electron chi connectivity index (χ2n) is 9.42. The van der Waals surface area contributed by atoms with Gasteiger partial charge in [0.15, 0.2) is 0 Å². The molecule has 0 spiro atoms. The number of rotatable bonds is 3. The molecular formula is C24H35N7O4. The zero-order chi connectivity index (χ0) is 25.7. The summed E-state index contributed by atoms with van der Waals surface area (Å²) in [5, 5.41) is 7.58. The second kappa shape index (κ2) is 11.3. The van der Waals surface area contributed by atoms with Crippen molar-refractivity contribution in [1.29, 1.82) is 0 Å². The van der Waals surface area contributed by atoms with E-state index in [2.05, 4.69) is 34.2 Å². The first kappa shape index (κ1) is 26.1. The monoisotopic (exact) mass is 485 g/mol. The zero-order valence-corrected chi connectivity index (χ0v) is 21.1. The quantitative estimate of drug-likeness (QED) is 0.672. The highest BCUT2D eigenvalue weighted by Gasteiger charge is 2.29. The van der Waals surface area contributed by atoms with Crippen molar-refractivity contribution in [2.45, 2.75) is 65.6 Å². The van der Waals surface area contributed by atoms with Crippen molar-refractivity contribution in [2.75, 3.05) is 20.1 Å². The smallest absolute Gasteiger partial charge is 0.260 e. The van der Waals surface area contributed by atoms with Crippen LogP contribution in [0.1, 0.15) is 68.1 Å². The Morgan fingerprint density at radius 2 is 1.94 bits per heavy atom. The van der Waals surface area contributed by atoms with Gasteiger partial charge in [-0.3, -0.25) is 19.2 Å². The molecule has 2 aromatic rings. The summed E-state index contributed by atoms with van der Waals surface area (Å²) in [5.41, 5.74) is -0.413. The summed E-state index contributed by atoms with van der Waals surface area (Å²) in [6.45, 7) is 8.48. The highest BCUT2D eigenvalue weighted by molar-refractivity contribution is 5.93. The summed E-state index contributed by atoms with van der Waals surface area (Å²) in [6, 6.07) is 2.03. The average Bonchev–Trinajstić information content (AvgIpc) is 3.19. The van der Waals surface area contributed by atoms with Crippen LogP contribution in [0.4, 0.5) is 0 Å². The predicted octanol–water partition coefficient (Wildman–Crippen LogP) is 1.26. The third kappa shape index (κ3) is 6.34. The number of likely N-dealkylation sites (N-methyl/N-ethyl adjacent to an activating group) is 1.